The van der Waals surface area contributed by atoms with Gasteiger partial charge in [-0.3, -0.25) is 0 Å². The Morgan fingerprint density at radius 2 is 0.829 bits per heavy atom. The van der Waals surface area contributed by atoms with Gasteiger partial charge in [0.1, 0.15) is 0 Å². The number of fused-ring (bicyclic) bond motifs is 1. The highest BCUT2D eigenvalue weighted by atomic mass is 35.5. The summed E-state index contributed by atoms with van der Waals surface area (Å²) in [4.78, 5) is 14.4. The van der Waals surface area contributed by atoms with E-state index in [0.717, 1.165) is 38.2 Å². The van der Waals surface area contributed by atoms with Gasteiger partial charge in [-0.1, -0.05) is 115 Å². The molecule has 6 rings (SSSR count). The van der Waals surface area contributed by atoms with Crippen LogP contribution in [0.3, 0.4) is 0 Å². The maximum Gasteiger partial charge on any atom is 0.164 e. The van der Waals surface area contributed by atoms with E-state index in [-0.39, 0.29) is 0 Å². The molecule has 0 bridgehead atoms. The zero-order valence-electron chi connectivity index (χ0n) is 18.8. The molecule has 0 spiro atoms. The molecule has 3 nitrogen and oxygen atoms in total. The maximum atomic E-state index is 6.20. The second kappa shape index (κ2) is 9.13. The monoisotopic (exact) mass is 469 g/mol. The Morgan fingerprint density at radius 1 is 0.371 bits per heavy atom. The average molecular weight is 470 g/mol. The lowest BCUT2D eigenvalue weighted by Crippen LogP contribution is -2.00. The van der Waals surface area contributed by atoms with Crippen LogP contribution >= 0.6 is 11.6 Å². The Hall–Kier alpha value is -4.34. The Kier molecular flexibility index (Phi) is 5.53. The summed E-state index contributed by atoms with van der Waals surface area (Å²) in [6.45, 7) is 0. The van der Waals surface area contributed by atoms with E-state index in [1.54, 1.807) is 0 Å². The number of aromatic nitrogens is 3. The van der Waals surface area contributed by atoms with Crippen molar-refractivity contribution in [2.75, 3.05) is 0 Å². The van der Waals surface area contributed by atoms with Crippen LogP contribution in [0.15, 0.2) is 121 Å². The Labute approximate surface area is 208 Å². The van der Waals surface area contributed by atoms with Crippen molar-refractivity contribution in [1.29, 1.82) is 0 Å². The minimum atomic E-state index is 0.648. The summed E-state index contributed by atoms with van der Waals surface area (Å²) >= 11 is 6.20. The molecule has 35 heavy (non-hydrogen) atoms. The van der Waals surface area contributed by atoms with E-state index in [0.29, 0.717) is 17.5 Å². The first-order chi connectivity index (χ1) is 17.2. The number of hydrogen-bond acceptors (Lipinski definition) is 3. The van der Waals surface area contributed by atoms with Crippen molar-refractivity contribution in [1.82, 2.24) is 15.0 Å². The normalized spacial score (nSPS) is 11.0. The quantitative estimate of drug-likeness (QED) is 0.260. The molecule has 0 aliphatic carbocycles. The zero-order valence-corrected chi connectivity index (χ0v) is 19.5. The molecule has 0 saturated carbocycles. The van der Waals surface area contributed by atoms with Gasteiger partial charge >= 0.3 is 0 Å². The van der Waals surface area contributed by atoms with Crippen LogP contribution in [0.1, 0.15) is 0 Å². The van der Waals surface area contributed by atoms with Crippen molar-refractivity contribution in [3.63, 3.8) is 0 Å². The second-order valence-electron chi connectivity index (χ2n) is 8.32. The van der Waals surface area contributed by atoms with Crippen molar-refractivity contribution < 1.29 is 0 Å². The average Bonchev–Trinajstić information content (AvgIpc) is 2.93. The van der Waals surface area contributed by atoms with Crippen LogP contribution in [0.5, 0.6) is 0 Å². The fourth-order valence-corrected chi connectivity index (χ4v) is 4.33. The summed E-state index contributed by atoms with van der Waals surface area (Å²) in [7, 11) is 0. The van der Waals surface area contributed by atoms with E-state index in [2.05, 4.69) is 42.5 Å². The lowest BCUT2D eigenvalue weighted by Gasteiger charge is -2.09. The van der Waals surface area contributed by atoms with Gasteiger partial charge < -0.3 is 0 Å². The molecule has 0 fully saturated rings. The van der Waals surface area contributed by atoms with Gasteiger partial charge in [0.15, 0.2) is 17.5 Å². The van der Waals surface area contributed by atoms with Crippen molar-refractivity contribution in [2.45, 2.75) is 0 Å². The van der Waals surface area contributed by atoms with Crippen LogP contribution in [0.25, 0.3) is 56.1 Å². The first-order valence-corrected chi connectivity index (χ1v) is 11.8. The molecule has 0 radical (unpaired) electrons. The highest BCUT2D eigenvalue weighted by Gasteiger charge is 2.12. The molecule has 0 aliphatic rings. The fraction of sp³-hybridized carbons (Fsp3) is 0. The molecule has 4 heteroatoms. The van der Waals surface area contributed by atoms with E-state index < -0.39 is 0 Å². The van der Waals surface area contributed by atoms with Gasteiger partial charge in [-0.2, -0.15) is 0 Å². The topological polar surface area (TPSA) is 38.7 Å². The number of halogens is 1. The lowest BCUT2D eigenvalue weighted by atomic mass is 10.00. The Bertz CT molecular complexity index is 1570. The molecule has 0 saturated heterocycles. The van der Waals surface area contributed by atoms with Crippen LogP contribution in [0.4, 0.5) is 0 Å². The molecule has 0 unspecified atom stereocenters. The summed E-state index contributed by atoms with van der Waals surface area (Å²) in [5.41, 5.74) is 5.11. The molecule has 6 aromatic rings. The number of hydrogen-bond donors (Lipinski definition) is 0. The third-order valence-electron chi connectivity index (χ3n) is 5.98. The first kappa shape index (κ1) is 21.2. The molecule has 1 aromatic heterocycles. The summed E-state index contributed by atoms with van der Waals surface area (Å²) in [5.74, 6) is 1.96. The van der Waals surface area contributed by atoms with Crippen molar-refractivity contribution in [3.8, 4) is 45.3 Å². The van der Waals surface area contributed by atoms with Gasteiger partial charge in [0.2, 0.25) is 0 Å². The standard InChI is InChI=1S/C31H20ClN3/c32-28-18-17-22-13-16-26(19-27(22)20-28)21-11-14-25(15-12-21)31-34-29(23-7-3-1-4-8-23)33-30(35-31)24-9-5-2-6-10-24/h1-20H. The van der Waals surface area contributed by atoms with Gasteiger partial charge in [-0.05, 0) is 40.1 Å². The number of nitrogens with zero attached hydrogens (tertiary/aromatic N) is 3. The molecule has 0 N–H and O–H groups in total. The second-order valence-corrected chi connectivity index (χ2v) is 8.76. The molecular formula is C31H20ClN3. The zero-order chi connectivity index (χ0) is 23.6. The lowest BCUT2D eigenvalue weighted by molar-refractivity contribution is 1.07. The molecule has 1 heterocycles. The van der Waals surface area contributed by atoms with Crippen LogP contribution in [-0.2, 0) is 0 Å². The molecule has 0 amide bonds. The first-order valence-electron chi connectivity index (χ1n) is 11.4. The minimum absolute atomic E-state index is 0.648. The third kappa shape index (κ3) is 4.42. The fourth-order valence-electron chi connectivity index (χ4n) is 4.15. The van der Waals surface area contributed by atoms with Gasteiger partial charge in [0.05, 0.1) is 0 Å². The van der Waals surface area contributed by atoms with Crippen LogP contribution < -0.4 is 0 Å². The van der Waals surface area contributed by atoms with Gasteiger partial charge in [0.25, 0.3) is 0 Å². The smallest absolute Gasteiger partial charge is 0.164 e. The van der Waals surface area contributed by atoms with Crippen molar-refractivity contribution in [2.24, 2.45) is 0 Å². The summed E-state index contributed by atoms with van der Waals surface area (Å²) < 4.78 is 0. The number of benzene rings is 5. The van der Waals surface area contributed by atoms with Gasteiger partial charge in [-0.15, -0.1) is 0 Å². The summed E-state index contributed by atoms with van der Waals surface area (Å²) in [6.07, 6.45) is 0. The molecule has 0 atom stereocenters. The highest BCUT2D eigenvalue weighted by Crippen LogP contribution is 2.29. The number of rotatable bonds is 4. The third-order valence-corrected chi connectivity index (χ3v) is 6.21. The van der Waals surface area contributed by atoms with E-state index in [1.807, 2.05) is 78.9 Å². The summed E-state index contributed by atoms with van der Waals surface area (Å²) in [5, 5.41) is 3.03. The Morgan fingerprint density at radius 3 is 1.40 bits per heavy atom. The minimum Gasteiger partial charge on any atom is -0.208 e. The maximum absolute atomic E-state index is 6.20. The van der Waals surface area contributed by atoms with E-state index >= 15 is 0 Å². The van der Waals surface area contributed by atoms with Gasteiger partial charge in [0, 0.05) is 21.7 Å². The van der Waals surface area contributed by atoms with E-state index in [9.17, 15) is 0 Å². The van der Waals surface area contributed by atoms with E-state index in [4.69, 9.17) is 26.6 Å². The van der Waals surface area contributed by atoms with E-state index in [1.165, 1.54) is 5.39 Å². The molecular weight excluding hydrogens is 450 g/mol. The molecule has 166 valence electrons. The molecule has 0 aliphatic heterocycles. The predicted octanol–water partition coefficient (Wildman–Crippen LogP) is 8.35. The highest BCUT2D eigenvalue weighted by molar-refractivity contribution is 6.31. The van der Waals surface area contributed by atoms with Crippen LogP contribution in [0.2, 0.25) is 5.02 Å². The summed E-state index contributed by atoms with van der Waals surface area (Å²) in [6, 6.07) is 40.7. The SMILES string of the molecule is Clc1ccc2ccc(-c3ccc(-c4nc(-c5ccccc5)nc(-c5ccccc5)n4)cc3)cc2c1. The van der Waals surface area contributed by atoms with Crippen LogP contribution in [0, 0.1) is 0 Å². The van der Waals surface area contributed by atoms with Gasteiger partial charge in [-0.25, -0.2) is 15.0 Å². The predicted molar refractivity (Wildman–Crippen MR) is 144 cm³/mol. The largest absolute Gasteiger partial charge is 0.208 e. The molecule has 5 aromatic carbocycles. The van der Waals surface area contributed by atoms with Crippen molar-refractivity contribution >= 4 is 22.4 Å². The Balaban J connectivity index is 1.41. The van der Waals surface area contributed by atoms with Crippen LogP contribution in [-0.4, -0.2) is 15.0 Å². The van der Waals surface area contributed by atoms with Crippen molar-refractivity contribution in [3.05, 3.63) is 126 Å².